The Morgan fingerprint density at radius 2 is 2.08 bits per heavy atom. The topological polar surface area (TPSA) is 85.7 Å². The summed E-state index contributed by atoms with van der Waals surface area (Å²) in [5.74, 6) is 1.18. The summed E-state index contributed by atoms with van der Waals surface area (Å²) in [6.45, 7) is 9.21. The molecule has 0 atom stereocenters. The molecule has 2 heterocycles. The van der Waals surface area contributed by atoms with E-state index < -0.39 is 0 Å². The fourth-order valence-corrected chi connectivity index (χ4v) is 2.58. The molecule has 0 bridgehead atoms. The third-order valence-corrected chi connectivity index (χ3v) is 4.35. The van der Waals surface area contributed by atoms with E-state index in [4.69, 9.17) is 0 Å². The van der Waals surface area contributed by atoms with E-state index in [1.807, 2.05) is 32.9 Å². The lowest BCUT2D eigenvalue weighted by Gasteiger charge is -2.38. The minimum absolute atomic E-state index is 0.0827. The monoisotopic (exact) mass is 328 g/mol. The maximum Gasteiger partial charge on any atom is 0.230 e. The zero-order valence-corrected chi connectivity index (χ0v) is 14.6. The summed E-state index contributed by atoms with van der Waals surface area (Å²) in [7, 11) is 0. The van der Waals surface area contributed by atoms with Crippen molar-refractivity contribution in [3.63, 3.8) is 0 Å². The second-order valence-corrected chi connectivity index (χ2v) is 6.77. The van der Waals surface area contributed by atoms with E-state index in [1.165, 1.54) is 5.56 Å². The number of aryl methyl sites for hydroxylation is 2. The average Bonchev–Trinajstić information content (AvgIpc) is 2.56. The van der Waals surface area contributed by atoms with Gasteiger partial charge in [0.05, 0.1) is 31.2 Å². The Morgan fingerprint density at radius 3 is 2.75 bits per heavy atom. The predicted octanol–water partition coefficient (Wildman–Crippen LogP) is 1.61. The van der Waals surface area contributed by atoms with Crippen molar-refractivity contribution in [2.24, 2.45) is 4.99 Å². The molecule has 0 amide bonds. The predicted molar refractivity (Wildman–Crippen MR) is 95.9 cm³/mol. The molecule has 3 N–H and O–H groups in total. The van der Waals surface area contributed by atoms with Crippen LogP contribution < -0.4 is 10.6 Å². The summed E-state index contributed by atoms with van der Waals surface area (Å²) in [6, 6.07) is 6.15. The van der Waals surface area contributed by atoms with E-state index >= 15 is 0 Å². The van der Waals surface area contributed by atoms with Crippen molar-refractivity contribution in [2.75, 3.05) is 25.3 Å². The molecular weight excluding hydrogens is 304 g/mol. The molecule has 0 saturated carbocycles. The molecule has 0 saturated heterocycles. The number of aromatic nitrogens is 2. The molecule has 2 aromatic rings. The number of nitrogens with one attached hydrogen (secondary N) is 2. The van der Waals surface area contributed by atoms with Crippen LogP contribution in [0.4, 0.5) is 5.95 Å². The Hall–Kier alpha value is -2.25. The molecule has 0 radical (unpaired) electrons. The van der Waals surface area contributed by atoms with Gasteiger partial charge in [-0.05, 0) is 39.8 Å². The molecule has 0 spiro atoms. The molecule has 3 rings (SSSR count). The van der Waals surface area contributed by atoms with Gasteiger partial charge in [0.1, 0.15) is 0 Å². The van der Waals surface area contributed by atoms with E-state index in [0.717, 1.165) is 16.6 Å². The van der Waals surface area contributed by atoms with Crippen molar-refractivity contribution in [1.29, 1.82) is 0 Å². The number of hydrogen-bond donors (Lipinski definition) is 3. The van der Waals surface area contributed by atoms with E-state index in [9.17, 15) is 5.11 Å². The molecule has 1 aliphatic heterocycles. The Bertz CT molecular complexity index is 786. The lowest BCUT2D eigenvalue weighted by Crippen LogP contribution is -2.55. The molecule has 7 nitrogen and oxygen atoms in total. The number of nitrogens with zero attached hydrogens (tertiary/aromatic N) is 4. The van der Waals surface area contributed by atoms with Crippen LogP contribution in [0.15, 0.2) is 23.2 Å². The van der Waals surface area contributed by atoms with E-state index in [2.05, 4.69) is 43.5 Å². The quantitative estimate of drug-likeness (QED) is 0.794. The fraction of sp³-hybridized carbons (Fsp3) is 0.471. The number of aliphatic hydroxyl groups is 1. The maximum absolute atomic E-state index is 9.44. The zero-order valence-electron chi connectivity index (χ0n) is 14.6. The molecule has 0 aliphatic carbocycles. The van der Waals surface area contributed by atoms with Crippen molar-refractivity contribution in [2.45, 2.75) is 33.2 Å². The van der Waals surface area contributed by atoms with Gasteiger partial charge in [0.15, 0.2) is 0 Å². The molecule has 0 fully saturated rings. The highest BCUT2D eigenvalue weighted by molar-refractivity contribution is 5.93. The first-order chi connectivity index (χ1) is 11.4. The number of rotatable bonds is 3. The lowest BCUT2D eigenvalue weighted by atomic mass is 10.1. The number of aliphatic imine (C=N–C) groups is 1. The molecule has 24 heavy (non-hydrogen) atoms. The van der Waals surface area contributed by atoms with Gasteiger partial charge in [-0.1, -0.05) is 11.6 Å². The van der Waals surface area contributed by atoms with Gasteiger partial charge in [0.2, 0.25) is 11.9 Å². The molecule has 1 aromatic carbocycles. The van der Waals surface area contributed by atoms with Gasteiger partial charge in [-0.15, -0.1) is 0 Å². The number of anilines is 1. The Kier molecular flexibility index (Phi) is 4.38. The molecule has 128 valence electrons. The van der Waals surface area contributed by atoms with Gasteiger partial charge in [-0.3, -0.25) is 10.2 Å². The summed E-state index contributed by atoms with van der Waals surface area (Å²) >= 11 is 0. The first kappa shape index (κ1) is 16.6. The van der Waals surface area contributed by atoms with Crippen LogP contribution in [0, 0.1) is 13.8 Å². The number of hydrogen-bond acceptors (Lipinski definition) is 7. The number of fused-ring (bicyclic) bond motifs is 1. The van der Waals surface area contributed by atoms with Crippen molar-refractivity contribution in [3.05, 3.63) is 29.5 Å². The van der Waals surface area contributed by atoms with Gasteiger partial charge in [-0.25, -0.2) is 15.0 Å². The van der Waals surface area contributed by atoms with Crippen molar-refractivity contribution in [3.8, 4) is 0 Å². The molecule has 0 unspecified atom stereocenters. The molecule has 1 aliphatic rings. The third kappa shape index (κ3) is 3.32. The highest BCUT2D eigenvalue weighted by Crippen LogP contribution is 2.19. The van der Waals surface area contributed by atoms with Crippen LogP contribution in [0.3, 0.4) is 0 Å². The number of aliphatic hydroxyl groups excluding tert-OH is 1. The molecule has 1 aromatic heterocycles. The fourth-order valence-electron chi connectivity index (χ4n) is 2.58. The highest BCUT2D eigenvalue weighted by Gasteiger charge is 2.27. The van der Waals surface area contributed by atoms with E-state index in [1.54, 1.807) is 0 Å². The van der Waals surface area contributed by atoms with Crippen LogP contribution in [0.25, 0.3) is 10.9 Å². The first-order valence-corrected chi connectivity index (χ1v) is 8.05. The van der Waals surface area contributed by atoms with E-state index in [-0.39, 0.29) is 12.1 Å². The van der Waals surface area contributed by atoms with E-state index in [0.29, 0.717) is 25.2 Å². The van der Waals surface area contributed by atoms with Crippen LogP contribution in [-0.4, -0.2) is 51.4 Å². The second-order valence-electron chi connectivity index (χ2n) is 6.77. The van der Waals surface area contributed by atoms with Gasteiger partial charge in [0, 0.05) is 10.9 Å². The minimum Gasteiger partial charge on any atom is -0.394 e. The standard InChI is InChI=1S/C17H24N6O/c1-11-5-6-14-13(7-11)12(2)20-16(21-14)22-15-18-9-23(10-19-15)17(3,4)8-24/h5-7,24H,8-10H2,1-4H3,(H2,18,19,20,21,22). The van der Waals surface area contributed by atoms with Gasteiger partial charge < -0.3 is 10.4 Å². The van der Waals surface area contributed by atoms with Crippen molar-refractivity contribution in [1.82, 2.24) is 20.2 Å². The van der Waals surface area contributed by atoms with Gasteiger partial charge in [-0.2, -0.15) is 0 Å². The van der Waals surface area contributed by atoms with Crippen LogP contribution in [-0.2, 0) is 0 Å². The normalized spacial score (nSPS) is 16.0. The summed E-state index contributed by atoms with van der Waals surface area (Å²) in [6.07, 6.45) is 0. The maximum atomic E-state index is 9.44. The summed E-state index contributed by atoms with van der Waals surface area (Å²) in [5.41, 5.74) is 2.73. The smallest absolute Gasteiger partial charge is 0.230 e. The van der Waals surface area contributed by atoms with Crippen LogP contribution >= 0.6 is 0 Å². The summed E-state index contributed by atoms with van der Waals surface area (Å²) < 4.78 is 0. The number of benzene rings is 1. The van der Waals surface area contributed by atoms with Gasteiger partial charge in [0.25, 0.3) is 0 Å². The number of guanidine groups is 1. The van der Waals surface area contributed by atoms with Crippen LogP contribution in [0.1, 0.15) is 25.1 Å². The van der Waals surface area contributed by atoms with Crippen molar-refractivity contribution >= 4 is 22.8 Å². The van der Waals surface area contributed by atoms with Crippen LogP contribution in [0.5, 0.6) is 0 Å². The van der Waals surface area contributed by atoms with Crippen LogP contribution in [0.2, 0.25) is 0 Å². The van der Waals surface area contributed by atoms with Crippen molar-refractivity contribution < 1.29 is 5.11 Å². The Labute approximate surface area is 141 Å². The zero-order chi connectivity index (χ0) is 17.3. The Balaban J connectivity index is 1.78. The molecule has 7 heteroatoms. The average molecular weight is 328 g/mol. The minimum atomic E-state index is -0.310. The largest absolute Gasteiger partial charge is 0.394 e. The summed E-state index contributed by atoms with van der Waals surface area (Å²) in [4.78, 5) is 15.6. The lowest BCUT2D eigenvalue weighted by molar-refractivity contribution is 0.0532. The third-order valence-electron chi connectivity index (χ3n) is 4.35. The second kappa shape index (κ2) is 6.33. The first-order valence-electron chi connectivity index (χ1n) is 8.05. The SMILES string of the molecule is Cc1ccc2nc(NC3=NCN(C(C)(C)CO)CN3)nc(C)c2c1. The summed E-state index contributed by atoms with van der Waals surface area (Å²) in [5, 5.41) is 16.9. The Morgan fingerprint density at radius 1 is 1.29 bits per heavy atom. The molecular formula is C17H24N6O. The highest BCUT2D eigenvalue weighted by atomic mass is 16.3. The van der Waals surface area contributed by atoms with Gasteiger partial charge >= 0.3 is 0 Å².